The molecule has 0 saturated carbocycles. The van der Waals surface area contributed by atoms with E-state index in [1.54, 1.807) is 11.3 Å². The molecule has 0 saturated heterocycles. The molecule has 0 amide bonds. The molecule has 5 nitrogen and oxygen atoms in total. The number of nitrogens with zero attached hydrogens (tertiary/aromatic N) is 3. The summed E-state index contributed by atoms with van der Waals surface area (Å²) in [5.41, 5.74) is 2.39. The number of halogens is 1. The van der Waals surface area contributed by atoms with Gasteiger partial charge in [0.2, 0.25) is 0 Å². The van der Waals surface area contributed by atoms with Crippen LogP contribution in [0.1, 0.15) is 43.1 Å². The number of hydrogen-bond acceptors (Lipinski definition) is 4. The number of nitrogens with one attached hydrogen (secondary N) is 2. The number of aryl methyl sites for hydroxylation is 1. The van der Waals surface area contributed by atoms with Gasteiger partial charge >= 0.3 is 0 Å². The zero-order chi connectivity index (χ0) is 18.8. The first-order valence-electron chi connectivity index (χ1n) is 9.38. The predicted molar refractivity (Wildman–Crippen MR) is 127 cm³/mol. The van der Waals surface area contributed by atoms with Crippen molar-refractivity contribution in [3.05, 3.63) is 52.0 Å². The number of likely N-dealkylation sites (N-methyl/N-ethyl adjacent to an activating group) is 1. The number of aliphatic imine (C=N–C) groups is 1. The summed E-state index contributed by atoms with van der Waals surface area (Å²) in [4.78, 5) is 11.4. The molecule has 2 aromatic rings. The van der Waals surface area contributed by atoms with Crippen LogP contribution in [0.3, 0.4) is 0 Å². The largest absolute Gasteiger partial charge is 0.354 e. The Hall–Kier alpha value is -1.19. The first-order valence-corrected chi connectivity index (χ1v) is 10.3. The molecule has 0 bridgehead atoms. The van der Waals surface area contributed by atoms with Crippen LogP contribution < -0.4 is 10.6 Å². The molecule has 0 fully saturated rings. The number of rotatable bonds is 9. The third-order valence-electron chi connectivity index (χ3n) is 4.46. The summed E-state index contributed by atoms with van der Waals surface area (Å²) in [6.45, 7) is 10.1. The summed E-state index contributed by atoms with van der Waals surface area (Å²) in [5, 5.41) is 10.1. The second kappa shape index (κ2) is 13.1. The van der Waals surface area contributed by atoms with Crippen molar-refractivity contribution in [2.45, 2.75) is 39.8 Å². The predicted octanol–water partition coefficient (Wildman–Crippen LogP) is 4.07. The number of hydrogen-bond donors (Lipinski definition) is 2. The minimum Gasteiger partial charge on any atom is -0.354 e. The zero-order valence-electron chi connectivity index (χ0n) is 16.7. The van der Waals surface area contributed by atoms with Crippen molar-refractivity contribution in [3.63, 3.8) is 0 Å². The van der Waals surface area contributed by atoms with Crippen LogP contribution in [0.2, 0.25) is 0 Å². The molecule has 1 aromatic carbocycles. The van der Waals surface area contributed by atoms with E-state index in [0.29, 0.717) is 12.6 Å². The second-order valence-electron chi connectivity index (χ2n) is 6.04. The van der Waals surface area contributed by atoms with E-state index in [-0.39, 0.29) is 24.0 Å². The van der Waals surface area contributed by atoms with Gasteiger partial charge in [0.15, 0.2) is 5.96 Å². The quantitative estimate of drug-likeness (QED) is 0.309. The molecule has 0 aliphatic carbocycles. The van der Waals surface area contributed by atoms with Crippen LogP contribution >= 0.6 is 35.3 Å². The number of aromatic nitrogens is 1. The highest BCUT2D eigenvalue weighted by molar-refractivity contribution is 14.0. The fourth-order valence-corrected chi connectivity index (χ4v) is 3.72. The van der Waals surface area contributed by atoms with Gasteiger partial charge in [0, 0.05) is 19.0 Å². The second-order valence-corrected chi connectivity index (χ2v) is 6.98. The lowest BCUT2D eigenvalue weighted by Crippen LogP contribution is -2.43. The highest BCUT2D eigenvalue weighted by Crippen LogP contribution is 2.19. The molecule has 7 heteroatoms. The van der Waals surface area contributed by atoms with Crippen LogP contribution in [0.5, 0.6) is 0 Å². The standard InChI is InChI=1S/C20H31N5S.HI/c1-5-19-24-17(15-26-19)13-22-20(21-4)23-14-18(25(6-2)7-3)16-11-9-8-10-12-16;/h8-12,15,18H,5-7,13-14H2,1-4H3,(H2,21,22,23);1H. The maximum atomic E-state index is 4.60. The number of thiazole rings is 1. The SMILES string of the molecule is CCc1nc(CNC(=NC)NCC(c2ccccc2)N(CC)CC)cs1.I. The van der Waals surface area contributed by atoms with Crippen molar-refractivity contribution < 1.29 is 0 Å². The van der Waals surface area contributed by atoms with Crippen LogP contribution in [-0.2, 0) is 13.0 Å². The van der Waals surface area contributed by atoms with Crippen LogP contribution in [0.15, 0.2) is 40.7 Å². The molecule has 0 aliphatic rings. The third-order valence-corrected chi connectivity index (χ3v) is 5.50. The Bertz CT molecular complexity index is 670. The molecular formula is C20H32IN5S. The maximum Gasteiger partial charge on any atom is 0.191 e. The van der Waals surface area contributed by atoms with Gasteiger partial charge in [-0.15, -0.1) is 35.3 Å². The molecule has 0 radical (unpaired) electrons. The summed E-state index contributed by atoms with van der Waals surface area (Å²) in [6, 6.07) is 11.0. The number of benzene rings is 1. The van der Waals surface area contributed by atoms with Gasteiger partial charge in [0.25, 0.3) is 0 Å². The molecule has 2 N–H and O–H groups in total. The lowest BCUT2D eigenvalue weighted by Gasteiger charge is -2.30. The van der Waals surface area contributed by atoms with Crippen LogP contribution in [-0.4, -0.2) is 42.5 Å². The van der Waals surface area contributed by atoms with Crippen LogP contribution in [0, 0.1) is 0 Å². The van der Waals surface area contributed by atoms with E-state index in [1.807, 2.05) is 7.05 Å². The van der Waals surface area contributed by atoms with E-state index in [0.717, 1.165) is 37.7 Å². The molecule has 1 aromatic heterocycles. The van der Waals surface area contributed by atoms with Crippen LogP contribution in [0.25, 0.3) is 0 Å². The van der Waals surface area contributed by atoms with Crippen molar-refractivity contribution in [2.24, 2.45) is 4.99 Å². The Morgan fingerprint density at radius 3 is 2.41 bits per heavy atom. The van der Waals surface area contributed by atoms with E-state index < -0.39 is 0 Å². The smallest absolute Gasteiger partial charge is 0.191 e. The maximum absolute atomic E-state index is 4.60. The van der Waals surface area contributed by atoms with Crippen molar-refractivity contribution in [2.75, 3.05) is 26.7 Å². The summed E-state index contributed by atoms with van der Waals surface area (Å²) in [7, 11) is 1.81. The van der Waals surface area contributed by atoms with Crippen molar-refractivity contribution in [1.29, 1.82) is 0 Å². The Balaban J connectivity index is 0.00000364. The van der Waals surface area contributed by atoms with Gasteiger partial charge in [-0.1, -0.05) is 51.1 Å². The van der Waals surface area contributed by atoms with Gasteiger partial charge in [-0.3, -0.25) is 9.89 Å². The fourth-order valence-electron chi connectivity index (χ4n) is 2.98. The first-order chi connectivity index (χ1) is 12.7. The lowest BCUT2D eigenvalue weighted by molar-refractivity contribution is 0.219. The van der Waals surface area contributed by atoms with E-state index >= 15 is 0 Å². The van der Waals surface area contributed by atoms with E-state index in [4.69, 9.17) is 0 Å². The van der Waals surface area contributed by atoms with Gasteiger partial charge in [-0.05, 0) is 25.1 Å². The average Bonchev–Trinajstić information content (AvgIpc) is 3.16. The van der Waals surface area contributed by atoms with Crippen LogP contribution in [0.4, 0.5) is 0 Å². The van der Waals surface area contributed by atoms with Crippen molar-refractivity contribution >= 4 is 41.3 Å². The Morgan fingerprint density at radius 2 is 1.85 bits per heavy atom. The summed E-state index contributed by atoms with van der Waals surface area (Å²) < 4.78 is 0. The molecule has 2 rings (SSSR count). The molecule has 0 spiro atoms. The van der Waals surface area contributed by atoms with E-state index in [9.17, 15) is 0 Å². The summed E-state index contributed by atoms with van der Waals surface area (Å²) >= 11 is 1.72. The first kappa shape index (κ1) is 23.8. The average molecular weight is 501 g/mol. The Morgan fingerprint density at radius 1 is 1.15 bits per heavy atom. The van der Waals surface area contributed by atoms with E-state index in [2.05, 4.69) is 82.0 Å². The Kier molecular flexibility index (Phi) is 11.5. The molecule has 27 heavy (non-hydrogen) atoms. The number of guanidine groups is 1. The molecular weight excluding hydrogens is 469 g/mol. The summed E-state index contributed by atoms with van der Waals surface area (Å²) in [5.74, 6) is 0.809. The molecule has 150 valence electrons. The highest BCUT2D eigenvalue weighted by Gasteiger charge is 2.18. The molecule has 1 atom stereocenters. The Labute approximate surface area is 184 Å². The lowest BCUT2D eigenvalue weighted by atomic mass is 10.1. The van der Waals surface area contributed by atoms with Crippen molar-refractivity contribution in [1.82, 2.24) is 20.5 Å². The van der Waals surface area contributed by atoms with Gasteiger partial charge in [0.1, 0.15) is 0 Å². The minimum absolute atomic E-state index is 0. The molecule has 0 aliphatic heterocycles. The van der Waals surface area contributed by atoms with Crippen molar-refractivity contribution in [3.8, 4) is 0 Å². The topological polar surface area (TPSA) is 52.6 Å². The monoisotopic (exact) mass is 501 g/mol. The van der Waals surface area contributed by atoms with Gasteiger partial charge in [0.05, 0.1) is 23.3 Å². The van der Waals surface area contributed by atoms with Gasteiger partial charge in [-0.2, -0.15) is 0 Å². The zero-order valence-corrected chi connectivity index (χ0v) is 19.9. The van der Waals surface area contributed by atoms with Gasteiger partial charge < -0.3 is 10.6 Å². The molecule has 1 heterocycles. The normalized spacial score (nSPS) is 12.6. The van der Waals surface area contributed by atoms with Gasteiger partial charge in [-0.25, -0.2) is 4.98 Å². The van der Waals surface area contributed by atoms with E-state index in [1.165, 1.54) is 10.6 Å². The highest BCUT2D eigenvalue weighted by atomic mass is 127. The minimum atomic E-state index is 0. The fraction of sp³-hybridized carbons (Fsp3) is 0.500. The summed E-state index contributed by atoms with van der Waals surface area (Å²) in [6.07, 6.45) is 0.986. The third kappa shape index (κ3) is 7.38. The molecule has 1 unspecified atom stereocenters.